The third-order valence-corrected chi connectivity index (χ3v) is 4.30. The summed E-state index contributed by atoms with van der Waals surface area (Å²) in [5.74, 6) is -1.32. The topological polar surface area (TPSA) is 63.6 Å². The molecule has 1 fully saturated rings. The Morgan fingerprint density at radius 3 is 2.08 bits per heavy atom. The van der Waals surface area contributed by atoms with Crippen LogP contribution in [0, 0.1) is 5.92 Å². The molecule has 0 amide bonds. The van der Waals surface area contributed by atoms with Gasteiger partial charge in [0.05, 0.1) is 0 Å². The van der Waals surface area contributed by atoms with Crippen LogP contribution in [-0.4, -0.2) is 23.0 Å². The van der Waals surface area contributed by atoms with Gasteiger partial charge in [0.1, 0.15) is 0 Å². The zero-order valence-electron chi connectivity index (χ0n) is 13.7. The molecule has 4 nitrogen and oxygen atoms in total. The quantitative estimate of drug-likeness (QED) is 0.693. The molecule has 3 rings (SSSR count). The van der Waals surface area contributed by atoms with E-state index in [0.29, 0.717) is 12.0 Å². The maximum absolute atomic E-state index is 12.5. The number of hydrogen-bond acceptors (Lipinski definition) is 4. The number of carbonyl (C=O) groups is 2. The maximum atomic E-state index is 12.5. The molecule has 1 aliphatic rings. The number of benzene rings is 2. The van der Waals surface area contributed by atoms with Crippen LogP contribution in [0.5, 0.6) is 0 Å². The first-order chi connectivity index (χ1) is 11.4. The van der Waals surface area contributed by atoms with Gasteiger partial charge in [-0.25, -0.2) is 4.79 Å². The van der Waals surface area contributed by atoms with Crippen molar-refractivity contribution in [3.63, 3.8) is 0 Å². The van der Waals surface area contributed by atoms with Crippen LogP contribution in [0.4, 0.5) is 0 Å². The minimum Gasteiger partial charge on any atom is -0.444 e. The Morgan fingerprint density at radius 1 is 1.00 bits per heavy atom. The number of hydrogen-bond donors (Lipinski definition) is 1. The predicted molar refractivity (Wildman–Crippen MR) is 90.1 cm³/mol. The summed E-state index contributed by atoms with van der Waals surface area (Å²) in [5, 5.41) is 9.78. The SMILES string of the molecule is CC(C)CC1(c2ccc(-c3ccccc3)cc2)OC(=O)C(O)C1=O. The maximum Gasteiger partial charge on any atom is 0.344 e. The Hall–Kier alpha value is -2.46. The monoisotopic (exact) mass is 324 g/mol. The molecule has 0 aromatic heterocycles. The molecule has 0 aliphatic carbocycles. The van der Waals surface area contributed by atoms with Crippen molar-refractivity contribution in [2.75, 3.05) is 0 Å². The number of ketones is 1. The minimum atomic E-state index is -1.70. The second-order valence-corrected chi connectivity index (χ2v) is 6.56. The van der Waals surface area contributed by atoms with Gasteiger partial charge in [0.2, 0.25) is 11.9 Å². The van der Waals surface area contributed by atoms with Gasteiger partial charge in [-0.15, -0.1) is 0 Å². The van der Waals surface area contributed by atoms with Crippen LogP contribution in [0.15, 0.2) is 54.6 Å². The predicted octanol–water partition coefficient (Wildman–Crippen LogP) is 3.08. The van der Waals surface area contributed by atoms with Gasteiger partial charge in [-0.1, -0.05) is 68.4 Å². The van der Waals surface area contributed by atoms with Crippen LogP contribution < -0.4 is 0 Å². The van der Waals surface area contributed by atoms with Gasteiger partial charge in [-0.2, -0.15) is 0 Å². The zero-order chi connectivity index (χ0) is 17.3. The number of ether oxygens (including phenoxy) is 1. The van der Waals surface area contributed by atoms with E-state index in [0.717, 1.165) is 11.1 Å². The third-order valence-electron chi connectivity index (χ3n) is 4.30. The molecule has 2 aromatic rings. The lowest BCUT2D eigenvalue weighted by atomic mass is 9.81. The fourth-order valence-corrected chi connectivity index (χ4v) is 3.20. The van der Waals surface area contributed by atoms with Crippen LogP contribution in [0.25, 0.3) is 11.1 Å². The fraction of sp³-hybridized carbons (Fsp3) is 0.300. The molecule has 2 unspecified atom stereocenters. The van der Waals surface area contributed by atoms with E-state index in [1.165, 1.54) is 0 Å². The van der Waals surface area contributed by atoms with Crippen LogP contribution in [-0.2, 0) is 19.9 Å². The molecular formula is C20H20O4. The van der Waals surface area contributed by atoms with Gasteiger partial charge in [-0.3, -0.25) is 4.79 Å². The van der Waals surface area contributed by atoms with Crippen molar-refractivity contribution in [3.05, 3.63) is 60.2 Å². The number of rotatable bonds is 4. The van der Waals surface area contributed by atoms with Crippen molar-refractivity contribution in [2.24, 2.45) is 5.92 Å². The van der Waals surface area contributed by atoms with Crippen LogP contribution in [0.1, 0.15) is 25.8 Å². The fourth-order valence-electron chi connectivity index (χ4n) is 3.20. The Labute approximate surface area is 141 Å². The molecular weight excluding hydrogens is 304 g/mol. The summed E-state index contributed by atoms with van der Waals surface area (Å²) in [5.41, 5.74) is 1.29. The minimum absolute atomic E-state index is 0.126. The molecule has 2 atom stereocenters. The first-order valence-electron chi connectivity index (χ1n) is 8.05. The van der Waals surface area contributed by atoms with E-state index in [1.54, 1.807) is 12.1 Å². The third kappa shape index (κ3) is 2.74. The van der Waals surface area contributed by atoms with Crippen molar-refractivity contribution in [3.8, 4) is 11.1 Å². The first-order valence-corrected chi connectivity index (χ1v) is 8.05. The van der Waals surface area contributed by atoms with Gasteiger partial charge >= 0.3 is 5.97 Å². The highest BCUT2D eigenvalue weighted by atomic mass is 16.6. The summed E-state index contributed by atoms with van der Waals surface area (Å²) in [7, 11) is 0. The summed E-state index contributed by atoms with van der Waals surface area (Å²) in [6.07, 6.45) is -1.35. The summed E-state index contributed by atoms with van der Waals surface area (Å²) in [6, 6.07) is 17.3. The van der Waals surface area contributed by atoms with Crippen molar-refractivity contribution in [2.45, 2.75) is 32.0 Å². The molecule has 1 heterocycles. The summed E-state index contributed by atoms with van der Waals surface area (Å²) >= 11 is 0. The second kappa shape index (κ2) is 6.21. The molecule has 1 N–H and O–H groups in total. The normalized spacial score (nSPS) is 23.6. The Bertz CT molecular complexity index is 749. The lowest BCUT2D eigenvalue weighted by molar-refractivity contribution is -0.156. The van der Waals surface area contributed by atoms with E-state index >= 15 is 0 Å². The molecule has 0 saturated carbocycles. The molecule has 2 aromatic carbocycles. The Morgan fingerprint density at radius 2 is 1.58 bits per heavy atom. The van der Waals surface area contributed by atoms with Crippen molar-refractivity contribution in [1.29, 1.82) is 0 Å². The summed E-state index contributed by atoms with van der Waals surface area (Å²) < 4.78 is 5.38. The smallest absolute Gasteiger partial charge is 0.344 e. The summed E-state index contributed by atoms with van der Waals surface area (Å²) in [6.45, 7) is 3.90. The number of carbonyl (C=O) groups excluding carboxylic acids is 2. The highest BCUT2D eigenvalue weighted by Gasteiger charge is 2.56. The molecule has 1 saturated heterocycles. The van der Waals surface area contributed by atoms with E-state index in [9.17, 15) is 14.7 Å². The molecule has 0 spiro atoms. The molecule has 1 aliphatic heterocycles. The van der Waals surface area contributed by atoms with Gasteiger partial charge < -0.3 is 9.84 Å². The average Bonchev–Trinajstić information content (AvgIpc) is 2.80. The van der Waals surface area contributed by atoms with Crippen LogP contribution >= 0.6 is 0 Å². The Balaban J connectivity index is 2.01. The number of aliphatic hydroxyl groups excluding tert-OH is 1. The molecule has 0 bridgehead atoms. The second-order valence-electron chi connectivity index (χ2n) is 6.56. The number of aliphatic hydroxyl groups is 1. The van der Waals surface area contributed by atoms with Gasteiger partial charge in [-0.05, 0) is 17.0 Å². The van der Waals surface area contributed by atoms with Crippen LogP contribution in [0.3, 0.4) is 0 Å². The number of Topliss-reactive ketones (excluding diaryl/α,β-unsaturated/α-hetero) is 1. The zero-order valence-corrected chi connectivity index (χ0v) is 13.7. The van der Waals surface area contributed by atoms with E-state index in [-0.39, 0.29) is 5.92 Å². The van der Waals surface area contributed by atoms with Crippen molar-refractivity contribution in [1.82, 2.24) is 0 Å². The first kappa shape index (κ1) is 16.4. The van der Waals surface area contributed by atoms with E-state index in [4.69, 9.17) is 4.74 Å². The largest absolute Gasteiger partial charge is 0.444 e. The summed E-state index contributed by atoms with van der Waals surface area (Å²) in [4.78, 5) is 24.3. The molecule has 4 heteroatoms. The number of cyclic esters (lactones) is 1. The standard InChI is InChI=1S/C20H20O4/c1-13(2)12-20(18(22)17(21)19(23)24-20)16-10-8-15(9-11-16)14-6-4-3-5-7-14/h3-11,13,17,21H,12H2,1-2H3. The van der Waals surface area contributed by atoms with Gasteiger partial charge in [0.15, 0.2) is 5.60 Å². The highest BCUT2D eigenvalue weighted by Crippen LogP contribution is 2.40. The van der Waals surface area contributed by atoms with Crippen molar-refractivity contribution < 1.29 is 19.4 Å². The lowest BCUT2D eigenvalue weighted by Crippen LogP contribution is -2.37. The lowest BCUT2D eigenvalue weighted by Gasteiger charge is -2.28. The molecule has 0 radical (unpaired) electrons. The van der Waals surface area contributed by atoms with Gasteiger partial charge in [0.25, 0.3) is 0 Å². The van der Waals surface area contributed by atoms with E-state index in [1.807, 2.05) is 56.3 Å². The number of esters is 1. The molecule has 24 heavy (non-hydrogen) atoms. The average molecular weight is 324 g/mol. The van der Waals surface area contributed by atoms with E-state index < -0.39 is 23.5 Å². The van der Waals surface area contributed by atoms with E-state index in [2.05, 4.69) is 0 Å². The van der Waals surface area contributed by atoms with Crippen LogP contribution in [0.2, 0.25) is 0 Å². The van der Waals surface area contributed by atoms with Crippen molar-refractivity contribution >= 4 is 11.8 Å². The Kier molecular flexibility index (Phi) is 4.24. The molecule has 124 valence electrons. The van der Waals surface area contributed by atoms with Gasteiger partial charge in [0, 0.05) is 12.0 Å². The highest BCUT2D eigenvalue weighted by molar-refractivity contribution is 6.11.